The summed E-state index contributed by atoms with van der Waals surface area (Å²) in [5.74, 6) is -0.0148. The molecule has 136 valence electrons. The standard InChI is InChI=1S/C20H21FN2O3/c1-13(26-18-9-7-16(21)8-10-18)19(24)22-12-14-3-2-4-17(11-14)23-20(25)15-5-6-15/h2-4,7-11,13,15H,5-6,12H2,1H3,(H,22,24)(H,23,25)/t13-/m1/s1. The van der Waals surface area contributed by atoms with Crippen LogP contribution in [0, 0.1) is 11.7 Å². The summed E-state index contributed by atoms with van der Waals surface area (Å²) in [6.45, 7) is 1.95. The predicted molar refractivity (Wildman–Crippen MR) is 96.1 cm³/mol. The second-order valence-corrected chi connectivity index (χ2v) is 6.40. The van der Waals surface area contributed by atoms with Crippen LogP contribution in [-0.4, -0.2) is 17.9 Å². The third-order valence-electron chi connectivity index (χ3n) is 4.11. The summed E-state index contributed by atoms with van der Waals surface area (Å²) in [5.41, 5.74) is 1.60. The minimum absolute atomic E-state index is 0.0486. The molecule has 1 saturated carbocycles. The zero-order valence-electron chi connectivity index (χ0n) is 14.5. The molecule has 0 bridgehead atoms. The van der Waals surface area contributed by atoms with Gasteiger partial charge in [0, 0.05) is 18.2 Å². The highest BCUT2D eigenvalue weighted by molar-refractivity contribution is 5.94. The zero-order chi connectivity index (χ0) is 18.5. The van der Waals surface area contributed by atoms with Crippen molar-refractivity contribution in [2.24, 2.45) is 5.92 Å². The third-order valence-corrected chi connectivity index (χ3v) is 4.11. The Balaban J connectivity index is 1.50. The van der Waals surface area contributed by atoms with E-state index in [2.05, 4.69) is 10.6 Å². The third kappa shape index (κ3) is 5.05. The van der Waals surface area contributed by atoms with E-state index in [4.69, 9.17) is 4.74 Å². The van der Waals surface area contributed by atoms with E-state index < -0.39 is 6.10 Å². The molecule has 1 aliphatic carbocycles. The van der Waals surface area contributed by atoms with Gasteiger partial charge in [0.1, 0.15) is 11.6 Å². The number of amides is 2. The first-order chi connectivity index (χ1) is 12.5. The number of nitrogens with one attached hydrogen (secondary N) is 2. The van der Waals surface area contributed by atoms with Gasteiger partial charge in [-0.15, -0.1) is 0 Å². The van der Waals surface area contributed by atoms with Gasteiger partial charge in [-0.2, -0.15) is 0 Å². The summed E-state index contributed by atoms with van der Waals surface area (Å²) in [6, 6.07) is 12.9. The lowest BCUT2D eigenvalue weighted by Gasteiger charge is -2.15. The normalized spacial score (nSPS) is 14.4. The molecule has 1 atom stereocenters. The molecule has 1 fully saturated rings. The van der Waals surface area contributed by atoms with Gasteiger partial charge in [-0.05, 0) is 61.7 Å². The number of benzene rings is 2. The molecule has 0 radical (unpaired) electrons. The number of ether oxygens (including phenoxy) is 1. The van der Waals surface area contributed by atoms with Gasteiger partial charge < -0.3 is 15.4 Å². The van der Waals surface area contributed by atoms with Gasteiger partial charge in [-0.3, -0.25) is 9.59 Å². The number of rotatable bonds is 7. The summed E-state index contributed by atoms with van der Waals surface area (Å²) in [5, 5.41) is 5.68. The molecule has 0 saturated heterocycles. The largest absolute Gasteiger partial charge is 0.481 e. The number of carbonyl (C=O) groups is 2. The number of hydrogen-bond donors (Lipinski definition) is 2. The predicted octanol–water partition coefficient (Wildman–Crippen LogP) is 3.26. The average molecular weight is 356 g/mol. The van der Waals surface area contributed by atoms with Crippen LogP contribution in [0.3, 0.4) is 0 Å². The molecule has 0 aromatic heterocycles. The van der Waals surface area contributed by atoms with Crippen molar-refractivity contribution in [3.8, 4) is 5.75 Å². The van der Waals surface area contributed by atoms with E-state index >= 15 is 0 Å². The molecule has 6 heteroatoms. The van der Waals surface area contributed by atoms with Crippen LogP contribution in [-0.2, 0) is 16.1 Å². The van der Waals surface area contributed by atoms with Gasteiger partial charge >= 0.3 is 0 Å². The molecule has 0 unspecified atom stereocenters. The van der Waals surface area contributed by atoms with E-state index in [1.54, 1.807) is 6.92 Å². The van der Waals surface area contributed by atoms with Crippen LogP contribution >= 0.6 is 0 Å². The quantitative estimate of drug-likeness (QED) is 0.800. The van der Waals surface area contributed by atoms with Crippen molar-refractivity contribution in [3.63, 3.8) is 0 Å². The Labute approximate surface area is 151 Å². The van der Waals surface area contributed by atoms with Crippen LogP contribution < -0.4 is 15.4 Å². The smallest absolute Gasteiger partial charge is 0.261 e. The van der Waals surface area contributed by atoms with Gasteiger partial charge in [0.05, 0.1) is 0 Å². The Hall–Kier alpha value is -2.89. The summed E-state index contributed by atoms with van der Waals surface area (Å²) in [4.78, 5) is 24.0. The molecule has 26 heavy (non-hydrogen) atoms. The summed E-state index contributed by atoms with van der Waals surface area (Å²) >= 11 is 0. The second-order valence-electron chi connectivity index (χ2n) is 6.40. The number of halogens is 1. The Morgan fingerprint density at radius 3 is 2.62 bits per heavy atom. The lowest BCUT2D eigenvalue weighted by molar-refractivity contribution is -0.127. The topological polar surface area (TPSA) is 67.4 Å². The lowest BCUT2D eigenvalue weighted by Crippen LogP contribution is -2.35. The van der Waals surface area contributed by atoms with Crippen LogP contribution in [0.2, 0.25) is 0 Å². The van der Waals surface area contributed by atoms with E-state index in [1.807, 2.05) is 24.3 Å². The molecule has 2 aromatic carbocycles. The van der Waals surface area contributed by atoms with E-state index in [1.165, 1.54) is 24.3 Å². The molecule has 1 aliphatic rings. The Morgan fingerprint density at radius 1 is 1.19 bits per heavy atom. The van der Waals surface area contributed by atoms with Gasteiger partial charge in [0.25, 0.3) is 5.91 Å². The maximum absolute atomic E-state index is 12.9. The highest BCUT2D eigenvalue weighted by Gasteiger charge is 2.29. The summed E-state index contributed by atoms with van der Waals surface area (Å²) in [6.07, 6.45) is 1.19. The van der Waals surface area contributed by atoms with Crippen LogP contribution in [0.15, 0.2) is 48.5 Å². The van der Waals surface area contributed by atoms with Gasteiger partial charge in [0.2, 0.25) is 5.91 Å². The maximum atomic E-state index is 12.9. The first-order valence-corrected chi connectivity index (χ1v) is 8.61. The van der Waals surface area contributed by atoms with Crippen LogP contribution in [0.4, 0.5) is 10.1 Å². The monoisotopic (exact) mass is 356 g/mol. The fourth-order valence-electron chi connectivity index (χ4n) is 2.45. The van der Waals surface area contributed by atoms with Gasteiger partial charge in [-0.1, -0.05) is 12.1 Å². The van der Waals surface area contributed by atoms with Crippen molar-refractivity contribution < 1.29 is 18.7 Å². The van der Waals surface area contributed by atoms with Crippen molar-refractivity contribution in [2.75, 3.05) is 5.32 Å². The van der Waals surface area contributed by atoms with Crippen molar-refractivity contribution in [1.29, 1.82) is 0 Å². The highest BCUT2D eigenvalue weighted by atomic mass is 19.1. The first kappa shape index (κ1) is 17.9. The molecule has 0 aliphatic heterocycles. The van der Waals surface area contributed by atoms with E-state index in [9.17, 15) is 14.0 Å². The molecule has 0 spiro atoms. The summed E-state index contributed by atoms with van der Waals surface area (Å²) in [7, 11) is 0. The molecule has 3 rings (SSSR count). The minimum Gasteiger partial charge on any atom is -0.481 e. The minimum atomic E-state index is -0.710. The van der Waals surface area contributed by atoms with Crippen molar-refractivity contribution in [2.45, 2.75) is 32.4 Å². The average Bonchev–Trinajstić information content (AvgIpc) is 3.47. The number of anilines is 1. The number of hydrogen-bond acceptors (Lipinski definition) is 3. The van der Waals surface area contributed by atoms with Gasteiger partial charge in [-0.25, -0.2) is 4.39 Å². The maximum Gasteiger partial charge on any atom is 0.261 e. The molecule has 2 amide bonds. The SMILES string of the molecule is C[C@@H](Oc1ccc(F)cc1)C(=O)NCc1cccc(NC(=O)C2CC2)c1. The number of carbonyl (C=O) groups excluding carboxylic acids is 2. The Morgan fingerprint density at radius 2 is 1.92 bits per heavy atom. The van der Waals surface area contributed by atoms with E-state index in [0.717, 1.165) is 24.1 Å². The fourth-order valence-corrected chi connectivity index (χ4v) is 2.45. The van der Waals surface area contributed by atoms with E-state index in [0.29, 0.717) is 12.3 Å². The molecular weight excluding hydrogens is 335 g/mol. The fraction of sp³-hybridized carbons (Fsp3) is 0.300. The second kappa shape index (κ2) is 7.99. The molecule has 2 aromatic rings. The van der Waals surface area contributed by atoms with Crippen molar-refractivity contribution in [3.05, 3.63) is 59.9 Å². The van der Waals surface area contributed by atoms with Crippen LogP contribution in [0.25, 0.3) is 0 Å². The molecule has 2 N–H and O–H groups in total. The molecular formula is C20H21FN2O3. The Bertz CT molecular complexity index is 788. The van der Waals surface area contributed by atoms with Crippen molar-refractivity contribution >= 4 is 17.5 Å². The highest BCUT2D eigenvalue weighted by Crippen LogP contribution is 2.30. The van der Waals surface area contributed by atoms with Gasteiger partial charge in [0.15, 0.2) is 6.10 Å². The summed E-state index contributed by atoms with van der Waals surface area (Å²) < 4.78 is 18.4. The van der Waals surface area contributed by atoms with Crippen molar-refractivity contribution in [1.82, 2.24) is 5.32 Å². The zero-order valence-corrected chi connectivity index (χ0v) is 14.5. The van der Waals surface area contributed by atoms with Crippen LogP contribution in [0.1, 0.15) is 25.3 Å². The Kier molecular flexibility index (Phi) is 5.51. The molecule has 0 heterocycles. The van der Waals surface area contributed by atoms with Crippen LogP contribution in [0.5, 0.6) is 5.75 Å². The first-order valence-electron chi connectivity index (χ1n) is 8.61. The lowest BCUT2D eigenvalue weighted by atomic mass is 10.2. The van der Waals surface area contributed by atoms with E-state index in [-0.39, 0.29) is 23.5 Å². The molecule has 5 nitrogen and oxygen atoms in total.